The molecule has 1 N–H and O–H groups in total. The number of non-ortho nitro benzene ring substituents is 1. The second kappa shape index (κ2) is 8.44. The van der Waals surface area contributed by atoms with Crippen LogP contribution >= 0.6 is 23.2 Å². The van der Waals surface area contributed by atoms with Crippen LogP contribution in [0.5, 0.6) is 0 Å². The Morgan fingerprint density at radius 2 is 1.86 bits per heavy atom. The lowest BCUT2D eigenvalue weighted by Gasteiger charge is -2.17. The lowest BCUT2D eigenvalue weighted by molar-refractivity contribution is -0.385. The van der Waals surface area contributed by atoms with E-state index >= 15 is 0 Å². The van der Waals surface area contributed by atoms with Crippen LogP contribution in [0.3, 0.4) is 0 Å². The van der Waals surface area contributed by atoms with Crippen molar-refractivity contribution in [2.45, 2.75) is 17.7 Å². The first-order valence-electron chi connectivity index (χ1n) is 8.32. The van der Waals surface area contributed by atoms with Crippen molar-refractivity contribution in [3.63, 3.8) is 0 Å². The molecule has 1 fully saturated rings. The van der Waals surface area contributed by atoms with Crippen LogP contribution in [-0.2, 0) is 10.0 Å². The lowest BCUT2D eigenvalue weighted by Crippen LogP contribution is -2.28. The van der Waals surface area contributed by atoms with Crippen LogP contribution in [0.25, 0.3) is 0 Å². The van der Waals surface area contributed by atoms with Crippen molar-refractivity contribution >= 4 is 50.8 Å². The highest BCUT2D eigenvalue weighted by atomic mass is 35.5. The number of nitro groups is 1. The molecule has 8 nitrogen and oxygen atoms in total. The molecule has 1 heterocycles. The van der Waals surface area contributed by atoms with E-state index in [4.69, 9.17) is 23.2 Å². The third kappa shape index (κ3) is 4.44. The van der Waals surface area contributed by atoms with Gasteiger partial charge < -0.3 is 0 Å². The summed E-state index contributed by atoms with van der Waals surface area (Å²) >= 11 is 11.9. The molecule has 1 saturated heterocycles. The largest absolute Gasteiger partial charge is 0.277 e. The van der Waals surface area contributed by atoms with Gasteiger partial charge >= 0.3 is 0 Å². The predicted octanol–water partition coefficient (Wildman–Crippen LogP) is 4.13. The highest BCUT2D eigenvalue weighted by Crippen LogP contribution is 2.30. The number of nitro benzene ring substituents is 1. The number of hydrogen-bond acceptors (Lipinski definition) is 6. The summed E-state index contributed by atoms with van der Waals surface area (Å²) in [4.78, 5) is 10.3. The molecular weight excluding hydrogens is 427 g/mol. The monoisotopic (exact) mass is 442 g/mol. The summed E-state index contributed by atoms with van der Waals surface area (Å²) in [6.07, 6.45) is 2.92. The molecule has 0 saturated carbocycles. The van der Waals surface area contributed by atoms with Crippen molar-refractivity contribution in [2.75, 3.05) is 18.5 Å². The molecule has 28 heavy (non-hydrogen) atoms. The second-order valence-electron chi connectivity index (χ2n) is 6.08. The molecule has 1 aliphatic rings. The maximum Gasteiger partial charge on any atom is 0.270 e. The van der Waals surface area contributed by atoms with Crippen LogP contribution in [0.2, 0.25) is 10.0 Å². The minimum atomic E-state index is -3.89. The van der Waals surface area contributed by atoms with Gasteiger partial charge in [0.05, 0.1) is 21.8 Å². The Hall–Kier alpha value is -2.20. The van der Waals surface area contributed by atoms with E-state index in [1.165, 1.54) is 22.7 Å². The van der Waals surface area contributed by atoms with Gasteiger partial charge in [0.1, 0.15) is 4.90 Å². The summed E-state index contributed by atoms with van der Waals surface area (Å²) in [5, 5.41) is 16.0. The quantitative estimate of drug-likeness (QED) is 0.411. The topological polar surface area (TPSA) is 105 Å². The first-order valence-corrected chi connectivity index (χ1v) is 10.5. The number of sulfonamides is 1. The van der Waals surface area contributed by atoms with Gasteiger partial charge in [0, 0.05) is 35.8 Å². The highest BCUT2D eigenvalue weighted by Gasteiger charge is 2.31. The van der Waals surface area contributed by atoms with E-state index in [0.29, 0.717) is 28.7 Å². The van der Waals surface area contributed by atoms with Crippen LogP contribution < -0.4 is 5.43 Å². The standard InChI is InChI=1S/C17H16Cl2N4O4S/c18-13-4-3-12(15(19)9-13)11-20-21-16-6-5-14(23(24)25)10-17(16)28(26,27)22-7-1-2-8-22/h3-6,9-11,21H,1-2,7-8H2. The van der Waals surface area contributed by atoms with Gasteiger partial charge in [-0.15, -0.1) is 0 Å². The highest BCUT2D eigenvalue weighted by molar-refractivity contribution is 7.89. The van der Waals surface area contributed by atoms with E-state index in [9.17, 15) is 18.5 Å². The summed E-state index contributed by atoms with van der Waals surface area (Å²) in [5.74, 6) is 0. The normalized spacial score (nSPS) is 15.2. The summed E-state index contributed by atoms with van der Waals surface area (Å²) in [5.41, 5.74) is 3.05. The van der Waals surface area contributed by atoms with Crippen molar-refractivity contribution in [3.8, 4) is 0 Å². The van der Waals surface area contributed by atoms with Gasteiger partial charge in [-0.3, -0.25) is 15.5 Å². The molecule has 0 radical (unpaired) electrons. The average Bonchev–Trinajstić information content (AvgIpc) is 3.19. The molecule has 11 heteroatoms. The van der Waals surface area contributed by atoms with Gasteiger partial charge in [-0.25, -0.2) is 8.42 Å². The molecule has 0 aliphatic carbocycles. The molecule has 148 valence electrons. The van der Waals surface area contributed by atoms with Gasteiger partial charge in [-0.2, -0.15) is 9.41 Å². The summed E-state index contributed by atoms with van der Waals surface area (Å²) in [7, 11) is -3.89. The number of halogens is 2. The van der Waals surface area contributed by atoms with Gasteiger partial charge in [-0.05, 0) is 31.0 Å². The Bertz CT molecular complexity index is 1040. The van der Waals surface area contributed by atoms with Crippen molar-refractivity contribution in [2.24, 2.45) is 5.10 Å². The Balaban J connectivity index is 1.93. The smallest absolute Gasteiger partial charge is 0.270 e. The number of hydrazone groups is 1. The molecule has 0 amide bonds. The Kier molecular flexibility index (Phi) is 6.19. The van der Waals surface area contributed by atoms with E-state index in [-0.39, 0.29) is 16.3 Å². The van der Waals surface area contributed by atoms with Crippen molar-refractivity contribution in [1.29, 1.82) is 0 Å². The summed E-state index contributed by atoms with van der Waals surface area (Å²) < 4.78 is 27.2. The Morgan fingerprint density at radius 3 is 2.50 bits per heavy atom. The molecule has 1 aliphatic heterocycles. The zero-order valence-corrected chi connectivity index (χ0v) is 16.8. The fraction of sp³-hybridized carbons (Fsp3) is 0.235. The summed E-state index contributed by atoms with van der Waals surface area (Å²) in [6.45, 7) is 0.766. The fourth-order valence-electron chi connectivity index (χ4n) is 2.78. The number of benzene rings is 2. The van der Waals surface area contributed by atoms with Crippen LogP contribution in [-0.4, -0.2) is 37.0 Å². The van der Waals surface area contributed by atoms with E-state index in [0.717, 1.165) is 18.9 Å². The Labute approximate surface area is 172 Å². The maximum atomic E-state index is 12.9. The maximum absolute atomic E-state index is 12.9. The fourth-order valence-corrected chi connectivity index (χ4v) is 4.91. The molecule has 3 rings (SSSR count). The number of anilines is 1. The van der Waals surface area contributed by atoms with Crippen molar-refractivity contribution < 1.29 is 13.3 Å². The first-order chi connectivity index (χ1) is 13.3. The number of hydrogen-bond donors (Lipinski definition) is 1. The van der Waals surface area contributed by atoms with Crippen LogP contribution in [0.15, 0.2) is 46.4 Å². The number of nitrogens with zero attached hydrogens (tertiary/aromatic N) is 3. The van der Waals surface area contributed by atoms with E-state index in [2.05, 4.69) is 10.5 Å². The zero-order valence-electron chi connectivity index (χ0n) is 14.5. The van der Waals surface area contributed by atoms with E-state index in [1.54, 1.807) is 18.2 Å². The third-order valence-electron chi connectivity index (χ3n) is 4.21. The van der Waals surface area contributed by atoms with Crippen molar-refractivity contribution in [3.05, 3.63) is 62.1 Å². The van der Waals surface area contributed by atoms with Gasteiger partial charge in [0.25, 0.3) is 5.69 Å². The predicted molar refractivity (Wildman–Crippen MR) is 109 cm³/mol. The minimum absolute atomic E-state index is 0.138. The van der Waals surface area contributed by atoms with Gasteiger partial charge in [0.15, 0.2) is 0 Å². The minimum Gasteiger partial charge on any atom is -0.277 e. The molecular formula is C17H16Cl2N4O4S. The molecule has 2 aromatic carbocycles. The number of nitrogens with one attached hydrogen (secondary N) is 1. The molecule has 0 aromatic heterocycles. The lowest BCUT2D eigenvalue weighted by atomic mass is 10.2. The first kappa shape index (κ1) is 20.5. The van der Waals surface area contributed by atoms with Crippen LogP contribution in [0.1, 0.15) is 18.4 Å². The number of rotatable bonds is 6. The van der Waals surface area contributed by atoms with E-state index < -0.39 is 14.9 Å². The molecule has 0 unspecified atom stereocenters. The zero-order chi connectivity index (χ0) is 20.3. The SMILES string of the molecule is O=[N+]([O-])c1ccc(NN=Cc2ccc(Cl)cc2Cl)c(S(=O)(=O)N2CCCC2)c1. The average molecular weight is 443 g/mol. The van der Waals surface area contributed by atoms with Gasteiger partial charge in [0.2, 0.25) is 10.0 Å². The van der Waals surface area contributed by atoms with Crippen LogP contribution in [0.4, 0.5) is 11.4 Å². The van der Waals surface area contributed by atoms with Gasteiger partial charge in [-0.1, -0.05) is 29.3 Å². The molecule has 0 atom stereocenters. The molecule has 0 spiro atoms. The third-order valence-corrected chi connectivity index (χ3v) is 6.71. The van der Waals surface area contributed by atoms with Crippen molar-refractivity contribution in [1.82, 2.24) is 4.31 Å². The molecule has 2 aromatic rings. The second-order valence-corrected chi connectivity index (χ2v) is 8.83. The molecule has 0 bridgehead atoms. The summed E-state index contributed by atoms with van der Waals surface area (Å²) in [6, 6.07) is 8.44. The van der Waals surface area contributed by atoms with Crippen LogP contribution in [0, 0.1) is 10.1 Å². The Morgan fingerprint density at radius 1 is 1.14 bits per heavy atom. The van der Waals surface area contributed by atoms with E-state index in [1.807, 2.05) is 0 Å².